The lowest BCUT2D eigenvalue weighted by Gasteiger charge is -2.28. The molecule has 0 radical (unpaired) electrons. The predicted molar refractivity (Wildman–Crippen MR) is 95.8 cm³/mol. The van der Waals surface area contributed by atoms with Crippen molar-refractivity contribution in [3.63, 3.8) is 0 Å². The molecule has 2 aliphatic rings. The first kappa shape index (κ1) is 17.3. The van der Waals surface area contributed by atoms with Gasteiger partial charge in [-0.25, -0.2) is 8.42 Å². The highest BCUT2D eigenvalue weighted by atomic mass is 32.2. The summed E-state index contributed by atoms with van der Waals surface area (Å²) in [4.78, 5) is 12.4. The van der Waals surface area contributed by atoms with Crippen LogP contribution >= 0.6 is 0 Å². The third-order valence-corrected chi connectivity index (χ3v) is 6.83. The Balaban J connectivity index is 1.66. The topological polar surface area (TPSA) is 66.5 Å². The molecular weight excluding hydrogens is 324 g/mol. The number of hydrogen-bond acceptors (Lipinski definition) is 3. The molecule has 3 rings (SSSR count). The van der Waals surface area contributed by atoms with Crippen LogP contribution in [0.2, 0.25) is 0 Å². The molecule has 0 atom stereocenters. The zero-order chi connectivity index (χ0) is 17.0. The maximum atomic E-state index is 12.4. The minimum atomic E-state index is -3.20. The minimum absolute atomic E-state index is 0.0602. The minimum Gasteiger partial charge on any atom is -0.349 e. The maximum absolute atomic E-state index is 12.4. The number of anilines is 1. The molecule has 5 nitrogen and oxygen atoms in total. The molecule has 0 bridgehead atoms. The number of carbonyl (C=O) groups excluding carboxylic acids is 1. The molecule has 1 heterocycles. The summed E-state index contributed by atoms with van der Waals surface area (Å²) >= 11 is 0. The van der Waals surface area contributed by atoms with Gasteiger partial charge in [-0.3, -0.25) is 9.10 Å². The van der Waals surface area contributed by atoms with Crippen LogP contribution in [0.1, 0.15) is 61.7 Å². The van der Waals surface area contributed by atoms with Crippen LogP contribution in [0.3, 0.4) is 0 Å². The van der Waals surface area contributed by atoms with Crippen LogP contribution in [-0.4, -0.2) is 32.7 Å². The number of nitrogens with zero attached hydrogens (tertiary/aromatic N) is 1. The molecule has 1 saturated heterocycles. The van der Waals surface area contributed by atoms with E-state index >= 15 is 0 Å². The number of amides is 1. The van der Waals surface area contributed by atoms with Gasteiger partial charge in [-0.05, 0) is 49.9 Å². The lowest BCUT2D eigenvalue weighted by Crippen LogP contribution is -2.38. The molecule has 1 aliphatic heterocycles. The fourth-order valence-corrected chi connectivity index (χ4v) is 5.19. The Kier molecular flexibility index (Phi) is 5.43. The number of hydrogen-bond donors (Lipinski definition) is 1. The first-order chi connectivity index (χ1) is 11.6. The van der Waals surface area contributed by atoms with E-state index in [0.29, 0.717) is 17.8 Å². The molecule has 0 unspecified atom stereocenters. The number of benzene rings is 1. The lowest BCUT2D eigenvalue weighted by molar-refractivity contribution is 0.0933. The molecule has 0 spiro atoms. The molecule has 1 N–H and O–H groups in total. The molecular formula is C18H26N2O3S. The molecule has 2 fully saturated rings. The Morgan fingerprint density at radius 2 is 1.62 bits per heavy atom. The molecule has 6 heteroatoms. The van der Waals surface area contributed by atoms with Gasteiger partial charge in [0.25, 0.3) is 5.91 Å². The summed E-state index contributed by atoms with van der Waals surface area (Å²) < 4.78 is 25.7. The van der Waals surface area contributed by atoms with Crippen molar-refractivity contribution in [2.75, 3.05) is 16.6 Å². The van der Waals surface area contributed by atoms with Crippen molar-refractivity contribution in [2.45, 2.75) is 57.4 Å². The fourth-order valence-electron chi connectivity index (χ4n) is 3.55. The van der Waals surface area contributed by atoms with Crippen LogP contribution in [0.4, 0.5) is 5.69 Å². The smallest absolute Gasteiger partial charge is 0.251 e. The zero-order valence-corrected chi connectivity index (χ0v) is 14.9. The Morgan fingerprint density at radius 3 is 2.25 bits per heavy atom. The molecule has 1 saturated carbocycles. The number of sulfonamides is 1. The third-order valence-electron chi connectivity index (χ3n) is 4.96. The Labute approximate surface area is 144 Å². The molecule has 0 aromatic heterocycles. The van der Waals surface area contributed by atoms with Gasteiger partial charge in [0, 0.05) is 18.2 Å². The monoisotopic (exact) mass is 350 g/mol. The van der Waals surface area contributed by atoms with Gasteiger partial charge in [0.05, 0.1) is 11.4 Å². The van der Waals surface area contributed by atoms with Crippen LogP contribution in [0, 0.1) is 0 Å². The highest BCUT2D eigenvalue weighted by molar-refractivity contribution is 7.92. The average molecular weight is 350 g/mol. The van der Waals surface area contributed by atoms with E-state index in [2.05, 4.69) is 5.32 Å². The lowest BCUT2D eigenvalue weighted by atomic mass is 10.1. The number of rotatable bonds is 3. The Bertz CT molecular complexity index is 662. The van der Waals surface area contributed by atoms with Crippen molar-refractivity contribution in [3.05, 3.63) is 29.8 Å². The Morgan fingerprint density at radius 1 is 0.958 bits per heavy atom. The van der Waals surface area contributed by atoms with Crippen LogP contribution in [0.15, 0.2) is 24.3 Å². The quantitative estimate of drug-likeness (QED) is 0.852. The summed E-state index contributed by atoms with van der Waals surface area (Å²) in [7, 11) is -3.20. The van der Waals surface area contributed by atoms with Gasteiger partial charge in [-0.1, -0.05) is 25.7 Å². The zero-order valence-electron chi connectivity index (χ0n) is 14.0. The first-order valence-electron chi connectivity index (χ1n) is 8.98. The van der Waals surface area contributed by atoms with Crippen molar-refractivity contribution in [1.82, 2.24) is 5.32 Å². The van der Waals surface area contributed by atoms with Crippen LogP contribution < -0.4 is 9.62 Å². The van der Waals surface area contributed by atoms with E-state index in [4.69, 9.17) is 0 Å². The van der Waals surface area contributed by atoms with Gasteiger partial charge in [-0.15, -0.1) is 0 Å². The van der Waals surface area contributed by atoms with Crippen LogP contribution in [-0.2, 0) is 10.0 Å². The van der Waals surface area contributed by atoms with Crippen molar-refractivity contribution in [1.29, 1.82) is 0 Å². The van der Waals surface area contributed by atoms with Gasteiger partial charge in [0.15, 0.2) is 0 Å². The highest BCUT2D eigenvalue weighted by Crippen LogP contribution is 2.24. The third kappa shape index (κ3) is 4.09. The predicted octanol–water partition coefficient (Wildman–Crippen LogP) is 3.07. The normalized spacial score (nSPS) is 21.9. The number of carbonyl (C=O) groups is 1. The van der Waals surface area contributed by atoms with Gasteiger partial charge in [0.1, 0.15) is 0 Å². The molecule has 1 amide bonds. The van der Waals surface area contributed by atoms with Crippen molar-refractivity contribution in [2.24, 2.45) is 0 Å². The van der Waals surface area contributed by atoms with E-state index in [1.165, 1.54) is 30.0 Å². The first-order valence-corrected chi connectivity index (χ1v) is 10.6. The molecule has 1 aliphatic carbocycles. The SMILES string of the molecule is O=C(NC1CCCCCC1)c1ccc(N2CCCCS2(=O)=O)cc1. The second-order valence-electron chi connectivity index (χ2n) is 6.80. The maximum Gasteiger partial charge on any atom is 0.251 e. The van der Waals surface area contributed by atoms with Crippen molar-refractivity contribution in [3.8, 4) is 0 Å². The van der Waals surface area contributed by atoms with Gasteiger partial charge in [0.2, 0.25) is 10.0 Å². The number of nitrogens with one attached hydrogen (secondary N) is 1. The summed E-state index contributed by atoms with van der Waals surface area (Å²) in [5, 5.41) is 3.12. The second kappa shape index (κ2) is 7.55. The standard InChI is InChI=1S/C18H26N2O3S/c21-18(19-16-7-3-1-2-4-8-16)15-9-11-17(12-10-15)20-13-5-6-14-24(20,22)23/h9-12,16H,1-8,13-14H2,(H,19,21). The van der Waals surface area contributed by atoms with E-state index in [-0.39, 0.29) is 17.7 Å². The fraction of sp³-hybridized carbons (Fsp3) is 0.611. The van der Waals surface area contributed by atoms with Crippen molar-refractivity contribution < 1.29 is 13.2 Å². The average Bonchev–Trinajstić information content (AvgIpc) is 2.83. The summed E-state index contributed by atoms with van der Waals surface area (Å²) in [6.07, 6.45) is 8.57. The summed E-state index contributed by atoms with van der Waals surface area (Å²) in [5.41, 5.74) is 1.25. The van der Waals surface area contributed by atoms with Crippen molar-refractivity contribution >= 4 is 21.6 Å². The van der Waals surface area contributed by atoms with Gasteiger partial charge >= 0.3 is 0 Å². The van der Waals surface area contributed by atoms with E-state index in [1.807, 2.05) is 0 Å². The summed E-state index contributed by atoms with van der Waals surface area (Å²) in [6, 6.07) is 7.20. The van der Waals surface area contributed by atoms with E-state index in [9.17, 15) is 13.2 Å². The summed E-state index contributed by atoms with van der Waals surface area (Å²) in [6.45, 7) is 0.524. The summed E-state index contributed by atoms with van der Waals surface area (Å²) in [5.74, 6) is 0.145. The van der Waals surface area contributed by atoms with Gasteiger partial charge in [-0.2, -0.15) is 0 Å². The van der Waals surface area contributed by atoms with Gasteiger partial charge < -0.3 is 5.32 Å². The molecule has 24 heavy (non-hydrogen) atoms. The molecule has 132 valence electrons. The van der Waals surface area contributed by atoms with Crippen LogP contribution in [0.5, 0.6) is 0 Å². The molecule has 1 aromatic rings. The Hall–Kier alpha value is -1.56. The van der Waals surface area contributed by atoms with Crippen LogP contribution in [0.25, 0.3) is 0 Å². The largest absolute Gasteiger partial charge is 0.349 e. The molecule has 1 aromatic carbocycles. The van der Waals surface area contributed by atoms with E-state index in [1.54, 1.807) is 24.3 Å². The second-order valence-corrected chi connectivity index (χ2v) is 8.82. The highest BCUT2D eigenvalue weighted by Gasteiger charge is 2.26. The van der Waals surface area contributed by atoms with E-state index < -0.39 is 10.0 Å². The van der Waals surface area contributed by atoms with E-state index in [0.717, 1.165) is 25.7 Å².